The Balaban J connectivity index is 1.52. The predicted molar refractivity (Wildman–Crippen MR) is 110 cm³/mol. The van der Waals surface area contributed by atoms with E-state index >= 15 is 0 Å². The van der Waals surface area contributed by atoms with Gasteiger partial charge in [-0.3, -0.25) is 9.59 Å². The number of nitrogens with one attached hydrogen (secondary N) is 1. The molecule has 30 heavy (non-hydrogen) atoms. The first-order valence-corrected chi connectivity index (χ1v) is 11.3. The van der Waals surface area contributed by atoms with Crippen LogP contribution in [0.3, 0.4) is 0 Å². The molecule has 0 aromatic heterocycles. The molecule has 2 aliphatic rings. The van der Waals surface area contributed by atoms with E-state index in [4.69, 9.17) is 4.74 Å². The zero-order chi connectivity index (χ0) is 21.6. The molecule has 7 nitrogen and oxygen atoms in total. The van der Waals surface area contributed by atoms with Gasteiger partial charge in [-0.2, -0.15) is 0 Å². The van der Waals surface area contributed by atoms with Gasteiger partial charge in [0.2, 0.25) is 5.91 Å². The van der Waals surface area contributed by atoms with Crippen molar-refractivity contribution in [2.45, 2.75) is 42.0 Å². The number of rotatable bonds is 6. The number of nitrogens with zero attached hydrogens (tertiary/aromatic N) is 1. The fourth-order valence-corrected chi connectivity index (χ4v) is 5.01. The van der Waals surface area contributed by atoms with Crippen molar-refractivity contribution in [3.8, 4) is 5.75 Å². The summed E-state index contributed by atoms with van der Waals surface area (Å²) in [5.74, 6) is -0.292. The second kappa shape index (κ2) is 7.12. The summed E-state index contributed by atoms with van der Waals surface area (Å²) < 4.78 is 32.5. The Bertz CT molecular complexity index is 1080. The highest BCUT2D eigenvalue weighted by molar-refractivity contribution is 7.90. The van der Waals surface area contributed by atoms with Gasteiger partial charge in [0, 0.05) is 6.54 Å². The Kier molecular flexibility index (Phi) is 4.85. The van der Waals surface area contributed by atoms with Crippen LogP contribution >= 0.6 is 0 Å². The average Bonchev–Trinajstić information content (AvgIpc) is 3.55. The predicted octanol–water partition coefficient (Wildman–Crippen LogP) is 2.22. The molecule has 2 amide bonds. The van der Waals surface area contributed by atoms with Gasteiger partial charge in [-0.25, -0.2) is 13.1 Å². The van der Waals surface area contributed by atoms with Crippen molar-refractivity contribution in [1.29, 1.82) is 0 Å². The van der Waals surface area contributed by atoms with Crippen molar-refractivity contribution >= 4 is 21.8 Å². The molecular weight excluding hydrogens is 404 g/mol. The normalized spacial score (nSPS) is 22.0. The lowest BCUT2D eigenvalue weighted by Gasteiger charge is -2.50. The molecule has 2 aromatic rings. The first-order chi connectivity index (χ1) is 14.2. The maximum Gasteiger partial charge on any atom is 0.264 e. The Labute approximate surface area is 176 Å². The molecule has 1 saturated heterocycles. The molecule has 0 radical (unpaired) electrons. The number of amides is 2. The monoisotopic (exact) mass is 428 g/mol. The van der Waals surface area contributed by atoms with E-state index < -0.39 is 26.9 Å². The van der Waals surface area contributed by atoms with Crippen molar-refractivity contribution in [3.05, 3.63) is 60.2 Å². The smallest absolute Gasteiger partial charge is 0.264 e. The molecule has 0 bridgehead atoms. The van der Waals surface area contributed by atoms with Gasteiger partial charge in [0.15, 0.2) is 0 Å². The number of benzene rings is 2. The lowest BCUT2D eigenvalue weighted by Crippen LogP contribution is -2.69. The lowest BCUT2D eigenvalue weighted by atomic mass is 9.82. The van der Waals surface area contributed by atoms with E-state index in [0.717, 1.165) is 18.4 Å². The highest BCUT2D eigenvalue weighted by atomic mass is 32.2. The van der Waals surface area contributed by atoms with Gasteiger partial charge in [0.25, 0.3) is 15.9 Å². The van der Waals surface area contributed by atoms with Gasteiger partial charge >= 0.3 is 0 Å². The average molecular weight is 429 g/mol. The van der Waals surface area contributed by atoms with Crippen LogP contribution in [0.25, 0.3) is 0 Å². The Morgan fingerprint density at radius 2 is 1.63 bits per heavy atom. The summed E-state index contributed by atoms with van der Waals surface area (Å²) in [5, 5.41) is 0. The minimum Gasteiger partial charge on any atom is -0.497 e. The van der Waals surface area contributed by atoms with Gasteiger partial charge in [-0.1, -0.05) is 30.3 Å². The van der Waals surface area contributed by atoms with Crippen LogP contribution in [0.2, 0.25) is 0 Å². The van der Waals surface area contributed by atoms with E-state index in [0.29, 0.717) is 18.7 Å². The first kappa shape index (κ1) is 20.4. The van der Waals surface area contributed by atoms with E-state index in [1.54, 1.807) is 6.92 Å². The molecule has 1 aliphatic heterocycles. The van der Waals surface area contributed by atoms with E-state index in [-0.39, 0.29) is 10.8 Å². The molecule has 2 aromatic carbocycles. The fraction of sp³-hybridized carbons (Fsp3) is 0.364. The molecule has 1 heterocycles. The molecule has 1 atom stereocenters. The number of hydrogen-bond donors (Lipinski definition) is 1. The number of methoxy groups -OCH3 is 1. The number of carbonyl (C=O) groups is 2. The molecule has 8 heteroatoms. The second-order valence-corrected chi connectivity index (χ2v) is 9.72. The Morgan fingerprint density at radius 1 is 1.00 bits per heavy atom. The van der Waals surface area contributed by atoms with Gasteiger partial charge in [-0.15, -0.1) is 0 Å². The molecule has 1 N–H and O–H groups in total. The first-order valence-electron chi connectivity index (χ1n) is 9.82. The van der Waals surface area contributed by atoms with Crippen LogP contribution in [0.5, 0.6) is 5.75 Å². The fourth-order valence-electron chi connectivity index (χ4n) is 3.93. The lowest BCUT2D eigenvalue weighted by molar-refractivity contribution is -0.158. The largest absolute Gasteiger partial charge is 0.497 e. The van der Waals surface area contributed by atoms with E-state index in [2.05, 4.69) is 4.72 Å². The van der Waals surface area contributed by atoms with Crippen LogP contribution in [-0.2, 0) is 25.0 Å². The van der Waals surface area contributed by atoms with Crippen LogP contribution in [0.4, 0.5) is 0 Å². The molecule has 0 spiro atoms. The summed E-state index contributed by atoms with van der Waals surface area (Å²) in [7, 11) is -2.58. The summed E-state index contributed by atoms with van der Waals surface area (Å²) in [4.78, 5) is 27.7. The minimum atomic E-state index is -4.06. The van der Waals surface area contributed by atoms with Crippen molar-refractivity contribution in [2.75, 3.05) is 13.7 Å². The van der Waals surface area contributed by atoms with Crippen LogP contribution in [0, 0.1) is 0 Å². The van der Waals surface area contributed by atoms with Crippen LogP contribution in [0.15, 0.2) is 59.5 Å². The second-order valence-electron chi connectivity index (χ2n) is 8.04. The van der Waals surface area contributed by atoms with Crippen molar-refractivity contribution in [1.82, 2.24) is 9.62 Å². The van der Waals surface area contributed by atoms with Crippen molar-refractivity contribution in [3.63, 3.8) is 0 Å². The maximum atomic E-state index is 13.3. The third kappa shape index (κ3) is 3.25. The summed E-state index contributed by atoms with van der Waals surface area (Å²) in [6.45, 7) is 2.05. The van der Waals surface area contributed by atoms with E-state index in [1.807, 2.05) is 30.3 Å². The highest BCUT2D eigenvalue weighted by Crippen LogP contribution is 2.51. The van der Waals surface area contributed by atoms with E-state index in [1.165, 1.54) is 36.3 Å². The minimum absolute atomic E-state index is 0.0413. The van der Waals surface area contributed by atoms with Crippen LogP contribution < -0.4 is 9.46 Å². The summed E-state index contributed by atoms with van der Waals surface area (Å²) in [6, 6.07) is 15.3. The summed E-state index contributed by atoms with van der Waals surface area (Å²) in [6.07, 6.45) is 1.87. The Hall–Kier alpha value is -2.87. The molecule has 1 unspecified atom stereocenters. The van der Waals surface area contributed by atoms with Gasteiger partial charge in [0.1, 0.15) is 11.3 Å². The van der Waals surface area contributed by atoms with Gasteiger partial charge in [-0.05, 0) is 56.0 Å². The third-order valence-corrected chi connectivity index (χ3v) is 7.58. The van der Waals surface area contributed by atoms with Crippen molar-refractivity contribution < 1.29 is 22.7 Å². The van der Waals surface area contributed by atoms with Crippen LogP contribution in [0.1, 0.15) is 31.7 Å². The quantitative estimate of drug-likeness (QED) is 0.762. The summed E-state index contributed by atoms with van der Waals surface area (Å²) in [5.41, 5.74) is -0.852. The number of sulfonamides is 1. The topological polar surface area (TPSA) is 92.8 Å². The molecule has 2 fully saturated rings. The zero-order valence-electron chi connectivity index (χ0n) is 16.9. The number of likely N-dealkylation sites (tertiary alicyclic amines) is 1. The zero-order valence-corrected chi connectivity index (χ0v) is 17.7. The standard InChI is InChI=1S/C22H24N2O5S/c1-21(19(25)23-30(27,28)18-10-8-17(29-2)9-11-18)14-15-24(21)20(26)22(12-13-22)16-6-4-3-5-7-16/h3-11H,12-15H2,1-2H3,(H,23,25). The molecule has 1 aliphatic carbocycles. The molecule has 1 saturated carbocycles. The van der Waals surface area contributed by atoms with Gasteiger partial charge < -0.3 is 9.64 Å². The highest BCUT2D eigenvalue weighted by Gasteiger charge is 2.60. The summed E-state index contributed by atoms with van der Waals surface area (Å²) >= 11 is 0. The molecule has 4 rings (SSSR count). The number of ether oxygens (including phenoxy) is 1. The SMILES string of the molecule is COc1ccc(S(=O)(=O)NC(=O)C2(C)CCN2C(=O)C2(c3ccccc3)CC2)cc1. The van der Waals surface area contributed by atoms with Crippen molar-refractivity contribution in [2.24, 2.45) is 0 Å². The van der Waals surface area contributed by atoms with E-state index in [9.17, 15) is 18.0 Å². The Morgan fingerprint density at radius 3 is 2.13 bits per heavy atom. The van der Waals surface area contributed by atoms with Crippen LogP contribution in [-0.4, -0.2) is 44.3 Å². The third-order valence-electron chi connectivity index (χ3n) is 6.23. The molecular formula is C22H24N2O5S. The number of hydrogen-bond acceptors (Lipinski definition) is 5. The number of carbonyl (C=O) groups excluding carboxylic acids is 2. The maximum absolute atomic E-state index is 13.3. The van der Waals surface area contributed by atoms with Gasteiger partial charge in [0.05, 0.1) is 17.4 Å². The molecule has 158 valence electrons.